The first-order valence-electron chi connectivity index (χ1n) is 5.52. The molecule has 2 heteroatoms. The normalized spacial score (nSPS) is 9.50. The van der Waals surface area contributed by atoms with Crippen molar-refractivity contribution in [2.75, 3.05) is 6.54 Å². The first kappa shape index (κ1) is 12.3. The summed E-state index contributed by atoms with van der Waals surface area (Å²) in [5.41, 5.74) is 1.82. The molecule has 0 atom stereocenters. The number of hydrogen-bond acceptors (Lipinski definition) is 1. The number of unbranched alkanes of at least 4 members (excludes halogenated alkanes) is 2. The zero-order valence-electron chi connectivity index (χ0n) is 9.62. The van der Waals surface area contributed by atoms with E-state index in [0.717, 1.165) is 30.4 Å². The van der Waals surface area contributed by atoms with E-state index in [2.05, 4.69) is 11.2 Å². The molecule has 0 aromatic heterocycles. The smallest absolute Gasteiger partial charge is 0.251 e. The van der Waals surface area contributed by atoms with Gasteiger partial charge < -0.3 is 5.32 Å². The highest BCUT2D eigenvalue weighted by molar-refractivity contribution is 5.94. The second kappa shape index (κ2) is 6.68. The maximum Gasteiger partial charge on any atom is 0.251 e. The Morgan fingerprint density at radius 3 is 2.94 bits per heavy atom. The van der Waals surface area contributed by atoms with Crippen LogP contribution in [-0.4, -0.2) is 12.5 Å². The van der Waals surface area contributed by atoms with E-state index >= 15 is 0 Å². The van der Waals surface area contributed by atoms with Crippen LogP contribution in [0.1, 0.15) is 35.2 Å². The van der Waals surface area contributed by atoms with Gasteiger partial charge in [-0.3, -0.25) is 4.79 Å². The molecule has 0 radical (unpaired) electrons. The lowest BCUT2D eigenvalue weighted by molar-refractivity contribution is 0.0953. The Hall–Kier alpha value is -1.75. The van der Waals surface area contributed by atoms with Gasteiger partial charge in [0.15, 0.2) is 0 Å². The van der Waals surface area contributed by atoms with E-state index in [1.165, 1.54) is 0 Å². The highest BCUT2D eigenvalue weighted by Gasteiger charge is 2.03. The second-order valence-corrected chi connectivity index (χ2v) is 3.79. The van der Waals surface area contributed by atoms with Gasteiger partial charge in [-0.25, -0.2) is 0 Å². The molecule has 0 bridgehead atoms. The fourth-order valence-electron chi connectivity index (χ4n) is 1.44. The van der Waals surface area contributed by atoms with E-state index in [-0.39, 0.29) is 5.91 Å². The van der Waals surface area contributed by atoms with Crippen LogP contribution in [0.2, 0.25) is 0 Å². The van der Waals surface area contributed by atoms with Crippen molar-refractivity contribution < 1.29 is 4.79 Å². The molecule has 0 fully saturated rings. The maximum absolute atomic E-state index is 11.7. The average Bonchev–Trinajstić information content (AvgIpc) is 2.28. The molecule has 0 saturated carbocycles. The molecule has 1 aromatic carbocycles. The summed E-state index contributed by atoms with van der Waals surface area (Å²) in [6, 6.07) is 7.58. The van der Waals surface area contributed by atoms with Crippen molar-refractivity contribution in [3.05, 3.63) is 35.4 Å². The Balaban J connectivity index is 2.33. The zero-order chi connectivity index (χ0) is 11.8. The van der Waals surface area contributed by atoms with Gasteiger partial charge in [0.25, 0.3) is 5.91 Å². The number of amides is 1. The van der Waals surface area contributed by atoms with Crippen LogP contribution in [0.25, 0.3) is 0 Å². The van der Waals surface area contributed by atoms with E-state index in [4.69, 9.17) is 6.42 Å². The molecule has 0 aliphatic rings. The van der Waals surface area contributed by atoms with Crippen LogP contribution >= 0.6 is 0 Å². The Morgan fingerprint density at radius 1 is 1.44 bits per heavy atom. The van der Waals surface area contributed by atoms with Gasteiger partial charge in [-0.1, -0.05) is 17.7 Å². The fourth-order valence-corrected chi connectivity index (χ4v) is 1.44. The molecule has 1 N–H and O–H groups in total. The Bertz CT molecular complexity index is 390. The number of carbonyl (C=O) groups excluding carboxylic acids is 1. The molecule has 1 aromatic rings. The minimum absolute atomic E-state index is 0.00981. The van der Waals surface area contributed by atoms with Gasteiger partial charge in [0, 0.05) is 18.5 Å². The summed E-state index contributed by atoms with van der Waals surface area (Å²) in [6.45, 7) is 2.66. The van der Waals surface area contributed by atoms with E-state index in [0.29, 0.717) is 6.54 Å². The lowest BCUT2D eigenvalue weighted by Gasteiger charge is -2.04. The Morgan fingerprint density at radius 2 is 2.25 bits per heavy atom. The molecule has 0 aliphatic heterocycles. The molecular formula is C14H17NO. The number of aryl methyl sites for hydroxylation is 1. The van der Waals surface area contributed by atoms with Crippen molar-refractivity contribution in [2.45, 2.75) is 26.2 Å². The number of nitrogens with one attached hydrogen (secondary N) is 1. The van der Waals surface area contributed by atoms with Gasteiger partial charge in [-0.15, -0.1) is 12.3 Å². The SMILES string of the molecule is C#CCCCCNC(=O)c1cccc(C)c1. The molecule has 0 spiro atoms. The van der Waals surface area contributed by atoms with Crippen LogP contribution in [0.15, 0.2) is 24.3 Å². The lowest BCUT2D eigenvalue weighted by atomic mass is 10.1. The zero-order valence-corrected chi connectivity index (χ0v) is 9.62. The summed E-state index contributed by atoms with van der Waals surface area (Å²) in [6.07, 6.45) is 7.81. The van der Waals surface area contributed by atoms with Crippen molar-refractivity contribution >= 4 is 5.91 Å². The average molecular weight is 215 g/mol. The minimum atomic E-state index is -0.00981. The van der Waals surface area contributed by atoms with Crippen LogP contribution in [-0.2, 0) is 0 Å². The monoisotopic (exact) mass is 215 g/mol. The fraction of sp³-hybridized carbons (Fsp3) is 0.357. The van der Waals surface area contributed by atoms with Crippen molar-refractivity contribution in [1.82, 2.24) is 5.32 Å². The molecular weight excluding hydrogens is 198 g/mol. The molecule has 0 heterocycles. The van der Waals surface area contributed by atoms with Crippen molar-refractivity contribution in [3.63, 3.8) is 0 Å². The highest BCUT2D eigenvalue weighted by atomic mass is 16.1. The van der Waals surface area contributed by atoms with Crippen molar-refractivity contribution in [3.8, 4) is 12.3 Å². The minimum Gasteiger partial charge on any atom is -0.352 e. The Kier molecular flexibility index (Phi) is 5.15. The van der Waals surface area contributed by atoms with Gasteiger partial charge in [-0.05, 0) is 31.9 Å². The van der Waals surface area contributed by atoms with Crippen LogP contribution in [0.5, 0.6) is 0 Å². The summed E-state index contributed by atoms with van der Waals surface area (Å²) in [4.78, 5) is 11.7. The molecule has 0 aliphatic carbocycles. The van der Waals surface area contributed by atoms with Crippen molar-refractivity contribution in [1.29, 1.82) is 0 Å². The van der Waals surface area contributed by atoms with Crippen LogP contribution in [0.3, 0.4) is 0 Å². The maximum atomic E-state index is 11.7. The molecule has 1 amide bonds. The van der Waals surface area contributed by atoms with E-state index in [1.54, 1.807) is 0 Å². The molecule has 16 heavy (non-hydrogen) atoms. The number of benzene rings is 1. The summed E-state index contributed by atoms with van der Waals surface area (Å²) in [5.74, 6) is 2.57. The third-order valence-electron chi connectivity index (χ3n) is 2.31. The van der Waals surface area contributed by atoms with Gasteiger partial charge in [-0.2, -0.15) is 0 Å². The van der Waals surface area contributed by atoms with E-state index in [1.807, 2.05) is 31.2 Å². The largest absolute Gasteiger partial charge is 0.352 e. The quantitative estimate of drug-likeness (QED) is 0.593. The van der Waals surface area contributed by atoms with E-state index in [9.17, 15) is 4.79 Å². The van der Waals surface area contributed by atoms with Gasteiger partial charge in [0.2, 0.25) is 0 Å². The second-order valence-electron chi connectivity index (χ2n) is 3.79. The van der Waals surface area contributed by atoms with Gasteiger partial charge in [0.05, 0.1) is 0 Å². The number of rotatable bonds is 5. The van der Waals surface area contributed by atoms with E-state index < -0.39 is 0 Å². The van der Waals surface area contributed by atoms with Crippen molar-refractivity contribution in [2.24, 2.45) is 0 Å². The lowest BCUT2D eigenvalue weighted by Crippen LogP contribution is -2.24. The first-order chi connectivity index (χ1) is 7.74. The van der Waals surface area contributed by atoms with Gasteiger partial charge >= 0.3 is 0 Å². The third kappa shape index (κ3) is 4.18. The number of carbonyl (C=O) groups is 1. The molecule has 84 valence electrons. The molecule has 0 unspecified atom stereocenters. The molecule has 1 rings (SSSR count). The molecule has 2 nitrogen and oxygen atoms in total. The molecule has 0 saturated heterocycles. The predicted molar refractivity (Wildman–Crippen MR) is 66.2 cm³/mol. The third-order valence-corrected chi connectivity index (χ3v) is 2.31. The Labute approximate surface area is 97.1 Å². The van der Waals surface area contributed by atoms with Gasteiger partial charge in [0.1, 0.15) is 0 Å². The topological polar surface area (TPSA) is 29.1 Å². The van der Waals surface area contributed by atoms with Crippen LogP contribution < -0.4 is 5.32 Å². The first-order valence-corrected chi connectivity index (χ1v) is 5.52. The van der Waals surface area contributed by atoms with Crippen LogP contribution in [0, 0.1) is 19.3 Å². The summed E-state index contributed by atoms with van der Waals surface area (Å²) in [5, 5.41) is 2.88. The summed E-state index contributed by atoms with van der Waals surface area (Å²) in [7, 11) is 0. The standard InChI is InChI=1S/C14H17NO/c1-3-4-5-6-10-15-14(16)13-9-7-8-12(2)11-13/h1,7-9,11H,4-6,10H2,2H3,(H,15,16). The van der Waals surface area contributed by atoms with Crippen LogP contribution in [0.4, 0.5) is 0 Å². The number of hydrogen-bond donors (Lipinski definition) is 1. The predicted octanol–water partition coefficient (Wildman–Crippen LogP) is 2.53. The summed E-state index contributed by atoms with van der Waals surface area (Å²) < 4.78 is 0. The number of terminal acetylenes is 1. The summed E-state index contributed by atoms with van der Waals surface area (Å²) >= 11 is 0. The highest BCUT2D eigenvalue weighted by Crippen LogP contribution is 2.03.